The molecule has 6 nitrogen and oxygen atoms in total. The van der Waals surface area contributed by atoms with E-state index in [1.165, 1.54) is 11.8 Å². The lowest BCUT2D eigenvalue weighted by atomic mass is 10.2. The number of sulfonamides is 1. The second-order valence-electron chi connectivity index (χ2n) is 4.98. The number of benzene rings is 1. The number of aromatic nitrogens is 3. The average Bonchev–Trinajstić information content (AvgIpc) is 3.06. The minimum Gasteiger partial charge on any atom is -0.306 e. The highest BCUT2D eigenvalue weighted by atomic mass is 35.5. The third kappa shape index (κ3) is 2.46. The molecule has 0 saturated heterocycles. The summed E-state index contributed by atoms with van der Waals surface area (Å²) in [6, 6.07) is 9.27. The topological polar surface area (TPSA) is 76.9 Å². The second kappa shape index (κ2) is 5.40. The van der Waals surface area contributed by atoms with Gasteiger partial charge >= 0.3 is 0 Å². The summed E-state index contributed by atoms with van der Waals surface area (Å²) in [7, 11) is -3.87. The average molecular weight is 367 g/mol. The molecule has 3 heterocycles. The van der Waals surface area contributed by atoms with Crippen LogP contribution in [0.3, 0.4) is 0 Å². The first-order valence-electron chi connectivity index (χ1n) is 6.82. The first-order chi connectivity index (χ1) is 11.1. The van der Waals surface area contributed by atoms with Gasteiger partial charge in [-0.2, -0.15) is 8.42 Å². The molecule has 0 radical (unpaired) electrons. The Kier molecular flexibility index (Phi) is 3.47. The van der Waals surface area contributed by atoms with Gasteiger partial charge < -0.3 is 4.57 Å². The van der Waals surface area contributed by atoms with Crippen molar-refractivity contribution < 1.29 is 8.42 Å². The summed E-state index contributed by atoms with van der Waals surface area (Å²) >= 11 is 7.53. The van der Waals surface area contributed by atoms with E-state index >= 15 is 0 Å². The van der Waals surface area contributed by atoms with Crippen LogP contribution in [-0.2, 0) is 16.6 Å². The molecular formula is C14H11ClN4O2S2. The van der Waals surface area contributed by atoms with Gasteiger partial charge in [-0.25, -0.2) is 9.97 Å². The number of imidazole rings is 1. The lowest BCUT2D eigenvalue weighted by molar-refractivity contribution is 0.577. The lowest BCUT2D eigenvalue weighted by Gasteiger charge is -2.11. The van der Waals surface area contributed by atoms with Crippen LogP contribution in [0.25, 0.3) is 10.8 Å². The molecule has 0 bridgehead atoms. The number of fused-ring (bicyclic) bond motifs is 2. The number of thioether (sulfide) groups is 1. The van der Waals surface area contributed by atoms with Gasteiger partial charge in [-0.15, -0.1) is 0 Å². The van der Waals surface area contributed by atoms with Gasteiger partial charge in [-0.3, -0.25) is 4.72 Å². The Labute approximate surface area is 141 Å². The highest BCUT2D eigenvalue weighted by Gasteiger charge is 2.30. The van der Waals surface area contributed by atoms with Crippen molar-refractivity contribution in [3.05, 3.63) is 41.7 Å². The Morgan fingerprint density at radius 2 is 2.09 bits per heavy atom. The normalized spacial score (nSPS) is 14.1. The molecule has 9 heteroatoms. The third-order valence-corrected chi connectivity index (χ3v) is 6.27. The molecule has 0 fully saturated rings. The molecule has 1 N–H and O–H groups in total. The number of hydrogen-bond donors (Lipinski definition) is 1. The Bertz CT molecular complexity index is 1010. The molecule has 118 valence electrons. The maximum Gasteiger partial charge on any atom is 0.281 e. The SMILES string of the molecule is O=S(=O)(Nc1nccc2ccccc12)c1c(Cl)nc2n1CCS2. The van der Waals surface area contributed by atoms with Crippen molar-refractivity contribution in [1.82, 2.24) is 14.5 Å². The van der Waals surface area contributed by atoms with E-state index in [1.807, 2.05) is 30.3 Å². The van der Waals surface area contributed by atoms with Crippen molar-refractivity contribution in [3.63, 3.8) is 0 Å². The number of rotatable bonds is 3. The van der Waals surface area contributed by atoms with Crippen LogP contribution in [0.15, 0.2) is 46.7 Å². The molecule has 0 aliphatic carbocycles. The molecule has 23 heavy (non-hydrogen) atoms. The minimum atomic E-state index is -3.87. The quantitative estimate of drug-likeness (QED) is 0.771. The predicted octanol–water partition coefficient (Wildman–Crippen LogP) is 2.99. The fourth-order valence-corrected chi connectivity index (χ4v) is 5.35. The van der Waals surface area contributed by atoms with Crippen molar-refractivity contribution in [2.24, 2.45) is 0 Å². The summed E-state index contributed by atoms with van der Waals surface area (Å²) in [6.45, 7) is 0.568. The summed E-state index contributed by atoms with van der Waals surface area (Å²) in [6.07, 6.45) is 1.57. The fraction of sp³-hybridized carbons (Fsp3) is 0.143. The van der Waals surface area contributed by atoms with Crippen LogP contribution in [0.2, 0.25) is 5.15 Å². The molecule has 0 amide bonds. The molecule has 4 rings (SSSR count). The van der Waals surface area contributed by atoms with E-state index in [9.17, 15) is 8.42 Å². The van der Waals surface area contributed by atoms with Crippen LogP contribution in [0, 0.1) is 0 Å². The number of pyridine rings is 1. The van der Waals surface area contributed by atoms with Crippen LogP contribution >= 0.6 is 23.4 Å². The van der Waals surface area contributed by atoms with Crippen molar-refractivity contribution >= 4 is 50.0 Å². The van der Waals surface area contributed by atoms with Gasteiger partial charge in [0, 0.05) is 23.9 Å². The van der Waals surface area contributed by atoms with Crippen molar-refractivity contribution in [2.75, 3.05) is 10.5 Å². The van der Waals surface area contributed by atoms with E-state index in [1.54, 1.807) is 10.8 Å². The predicted molar refractivity (Wildman–Crippen MR) is 90.5 cm³/mol. The van der Waals surface area contributed by atoms with Crippen LogP contribution < -0.4 is 4.72 Å². The summed E-state index contributed by atoms with van der Waals surface area (Å²) in [5, 5.41) is 2.24. The fourth-order valence-electron chi connectivity index (χ4n) is 2.56. The van der Waals surface area contributed by atoms with Crippen LogP contribution in [0.5, 0.6) is 0 Å². The molecule has 0 saturated carbocycles. The third-order valence-electron chi connectivity index (χ3n) is 3.55. The van der Waals surface area contributed by atoms with E-state index < -0.39 is 10.0 Å². The zero-order valence-corrected chi connectivity index (χ0v) is 14.1. The molecule has 1 aliphatic rings. The van der Waals surface area contributed by atoms with E-state index in [0.29, 0.717) is 11.7 Å². The van der Waals surface area contributed by atoms with Gasteiger partial charge in [-0.1, -0.05) is 47.6 Å². The highest BCUT2D eigenvalue weighted by Crippen LogP contribution is 2.34. The minimum absolute atomic E-state index is 0.00565. The molecular weight excluding hydrogens is 356 g/mol. The summed E-state index contributed by atoms with van der Waals surface area (Å²) in [5.74, 6) is 1.06. The molecule has 0 atom stereocenters. The monoisotopic (exact) mass is 366 g/mol. The van der Waals surface area contributed by atoms with E-state index in [-0.39, 0.29) is 16.0 Å². The zero-order chi connectivity index (χ0) is 16.0. The number of nitrogens with one attached hydrogen (secondary N) is 1. The van der Waals surface area contributed by atoms with Crippen molar-refractivity contribution in [3.8, 4) is 0 Å². The molecule has 1 aromatic carbocycles. The van der Waals surface area contributed by atoms with Gasteiger partial charge in [-0.05, 0) is 11.5 Å². The van der Waals surface area contributed by atoms with Crippen LogP contribution in [-0.4, -0.2) is 28.7 Å². The van der Waals surface area contributed by atoms with Crippen LogP contribution in [0.1, 0.15) is 0 Å². The lowest BCUT2D eigenvalue weighted by Crippen LogP contribution is -2.18. The Morgan fingerprint density at radius 3 is 2.96 bits per heavy atom. The van der Waals surface area contributed by atoms with Gasteiger partial charge in [0.05, 0.1) is 0 Å². The molecule has 1 aliphatic heterocycles. The molecule has 3 aromatic rings. The first-order valence-corrected chi connectivity index (χ1v) is 9.66. The Balaban J connectivity index is 1.81. The van der Waals surface area contributed by atoms with Crippen molar-refractivity contribution in [2.45, 2.75) is 16.7 Å². The zero-order valence-electron chi connectivity index (χ0n) is 11.7. The molecule has 0 spiro atoms. The second-order valence-corrected chi connectivity index (χ2v) is 7.99. The van der Waals surface area contributed by atoms with Gasteiger partial charge in [0.25, 0.3) is 10.0 Å². The number of hydrogen-bond acceptors (Lipinski definition) is 5. The maximum atomic E-state index is 12.8. The smallest absolute Gasteiger partial charge is 0.281 e. The summed E-state index contributed by atoms with van der Waals surface area (Å²) in [4.78, 5) is 8.27. The number of halogens is 1. The number of nitrogens with zero attached hydrogens (tertiary/aromatic N) is 3. The molecule has 0 unspecified atom stereocenters. The summed E-state index contributed by atoms with van der Waals surface area (Å²) in [5.41, 5.74) is 0. The Hall–Kier alpha value is -1.77. The van der Waals surface area contributed by atoms with Crippen LogP contribution in [0.4, 0.5) is 5.82 Å². The Morgan fingerprint density at radius 1 is 1.26 bits per heavy atom. The first kappa shape index (κ1) is 14.8. The van der Waals surface area contributed by atoms with Crippen molar-refractivity contribution in [1.29, 1.82) is 0 Å². The molecule has 2 aromatic heterocycles. The van der Waals surface area contributed by atoms with Gasteiger partial charge in [0.2, 0.25) is 0 Å². The van der Waals surface area contributed by atoms with E-state index in [4.69, 9.17) is 11.6 Å². The standard InChI is InChI=1S/C14H11ClN4O2S2/c15-11-13(19-7-8-22-14(19)17-11)23(20,21)18-12-10-4-2-1-3-9(10)5-6-16-12/h1-6H,7-8H2,(H,16,18). The van der Waals surface area contributed by atoms with E-state index in [0.717, 1.165) is 16.5 Å². The number of anilines is 1. The van der Waals surface area contributed by atoms with E-state index in [2.05, 4.69) is 14.7 Å². The van der Waals surface area contributed by atoms with Gasteiger partial charge in [0.15, 0.2) is 15.3 Å². The van der Waals surface area contributed by atoms with Gasteiger partial charge in [0.1, 0.15) is 5.82 Å². The maximum absolute atomic E-state index is 12.8. The summed E-state index contributed by atoms with van der Waals surface area (Å²) < 4.78 is 29.7. The largest absolute Gasteiger partial charge is 0.306 e. The highest BCUT2D eigenvalue weighted by molar-refractivity contribution is 7.99.